The number of likely N-dealkylation sites (tertiary alicyclic amines) is 1. The van der Waals surface area contributed by atoms with Gasteiger partial charge in [0, 0.05) is 24.7 Å². The van der Waals surface area contributed by atoms with E-state index in [2.05, 4.69) is 50.0 Å². The quantitative estimate of drug-likeness (QED) is 0.841. The van der Waals surface area contributed by atoms with Crippen LogP contribution in [0, 0.1) is 11.8 Å². The Bertz CT molecular complexity index is 303. The summed E-state index contributed by atoms with van der Waals surface area (Å²) >= 11 is 0. The van der Waals surface area contributed by atoms with Gasteiger partial charge in [-0.15, -0.1) is 0 Å². The Kier molecular flexibility index (Phi) is 6.51. The van der Waals surface area contributed by atoms with E-state index in [0.717, 1.165) is 30.5 Å². The molecule has 2 rings (SSSR count). The Labute approximate surface area is 132 Å². The van der Waals surface area contributed by atoms with Crippen LogP contribution in [-0.2, 0) is 0 Å². The molecule has 2 fully saturated rings. The minimum atomic E-state index is 0.714. The molecule has 4 unspecified atom stereocenters. The molecule has 0 radical (unpaired) electrons. The Morgan fingerprint density at radius 3 is 2.57 bits per heavy atom. The zero-order valence-corrected chi connectivity index (χ0v) is 14.9. The van der Waals surface area contributed by atoms with E-state index in [4.69, 9.17) is 0 Å². The summed E-state index contributed by atoms with van der Waals surface area (Å²) in [5.41, 5.74) is 0. The van der Waals surface area contributed by atoms with Crippen LogP contribution in [-0.4, -0.2) is 61.7 Å². The Morgan fingerprint density at radius 2 is 1.95 bits per heavy atom. The van der Waals surface area contributed by atoms with Crippen molar-refractivity contribution >= 4 is 0 Å². The highest BCUT2D eigenvalue weighted by Gasteiger charge is 2.37. The van der Waals surface area contributed by atoms with Gasteiger partial charge in [-0.25, -0.2) is 0 Å². The van der Waals surface area contributed by atoms with Crippen LogP contribution in [0.2, 0.25) is 0 Å². The lowest BCUT2D eigenvalue weighted by atomic mass is 9.76. The third-order valence-electron chi connectivity index (χ3n) is 5.89. The van der Waals surface area contributed by atoms with Gasteiger partial charge in [-0.1, -0.05) is 20.8 Å². The molecule has 1 aliphatic heterocycles. The van der Waals surface area contributed by atoms with Gasteiger partial charge in [0.05, 0.1) is 0 Å². The minimum absolute atomic E-state index is 0.714. The number of hydrogen-bond donors (Lipinski definition) is 1. The highest BCUT2D eigenvalue weighted by atomic mass is 15.2. The molecular weight excluding hydrogens is 258 g/mol. The lowest BCUT2D eigenvalue weighted by molar-refractivity contribution is 0.0400. The summed E-state index contributed by atoms with van der Waals surface area (Å²) in [6.45, 7) is 10.8. The summed E-state index contributed by atoms with van der Waals surface area (Å²) in [6, 6.07) is 2.22. The van der Waals surface area contributed by atoms with E-state index in [9.17, 15) is 0 Å². The highest BCUT2D eigenvalue weighted by Crippen LogP contribution is 2.34. The maximum atomic E-state index is 3.78. The fourth-order valence-corrected chi connectivity index (χ4v) is 4.39. The summed E-state index contributed by atoms with van der Waals surface area (Å²) in [5, 5.41) is 3.78. The molecule has 0 aromatic carbocycles. The van der Waals surface area contributed by atoms with E-state index in [0.29, 0.717) is 6.04 Å². The molecule has 21 heavy (non-hydrogen) atoms. The van der Waals surface area contributed by atoms with Crippen molar-refractivity contribution in [2.24, 2.45) is 11.8 Å². The van der Waals surface area contributed by atoms with Crippen LogP contribution in [0.3, 0.4) is 0 Å². The number of nitrogens with one attached hydrogen (secondary N) is 1. The fourth-order valence-electron chi connectivity index (χ4n) is 4.39. The molecule has 0 aromatic heterocycles. The first-order chi connectivity index (χ1) is 10.0. The summed E-state index contributed by atoms with van der Waals surface area (Å²) in [6.07, 6.45) is 6.91. The van der Waals surface area contributed by atoms with Crippen LogP contribution >= 0.6 is 0 Å². The zero-order valence-electron chi connectivity index (χ0n) is 14.9. The standard InChI is InChI=1S/C18H37N3/c1-6-19-17-10-9-15(14(2)3)12-18(17)21-11-7-8-16(13-21)20(4)5/h14-19H,6-13H2,1-5H3. The first-order valence-corrected chi connectivity index (χ1v) is 9.16. The predicted octanol–water partition coefficient (Wildman–Crippen LogP) is 2.82. The van der Waals surface area contributed by atoms with Gasteiger partial charge in [0.25, 0.3) is 0 Å². The molecule has 0 amide bonds. The average molecular weight is 296 g/mol. The van der Waals surface area contributed by atoms with Crippen LogP contribution in [0.5, 0.6) is 0 Å². The number of hydrogen-bond acceptors (Lipinski definition) is 3. The van der Waals surface area contributed by atoms with E-state index < -0.39 is 0 Å². The van der Waals surface area contributed by atoms with Gasteiger partial charge < -0.3 is 10.2 Å². The van der Waals surface area contributed by atoms with Crippen molar-refractivity contribution in [3.05, 3.63) is 0 Å². The molecule has 0 spiro atoms. The second-order valence-electron chi connectivity index (χ2n) is 7.80. The smallest absolute Gasteiger partial charge is 0.0252 e. The van der Waals surface area contributed by atoms with E-state index in [1.165, 1.54) is 45.2 Å². The lowest BCUT2D eigenvalue weighted by Crippen LogP contribution is -2.58. The van der Waals surface area contributed by atoms with Crippen LogP contribution in [0.25, 0.3) is 0 Å². The van der Waals surface area contributed by atoms with Crippen molar-refractivity contribution < 1.29 is 0 Å². The van der Waals surface area contributed by atoms with Gasteiger partial charge in [-0.05, 0) is 71.1 Å². The molecular formula is C18H37N3. The average Bonchev–Trinajstić information content (AvgIpc) is 2.48. The molecule has 0 bridgehead atoms. The summed E-state index contributed by atoms with van der Waals surface area (Å²) in [7, 11) is 4.49. The number of nitrogens with zero attached hydrogens (tertiary/aromatic N) is 2. The molecule has 4 atom stereocenters. The van der Waals surface area contributed by atoms with Crippen molar-refractivity contribution in [1.29, 1.82) is 0 Å². The van der Waals surface area contributed by atoms with Gasteiger partial charge in [0.2, 0.25) is 0 Å². The monoisotopic (exact) mass is 295 g/mol. The molecule has 3 nitrogen and oxygen atoms in total. The molecule has 0 aromatic rings. The van der Waals surface area contributed by atoms with Crippen LogP contribution in [0.1, 0.15) is 52.9 Å². The summed E-state index contributed by atoms with van der Waals surface area (Å²) in [5.74, 6) is 1.76. The van der Waals surface area contributed by atoms with Crippen molar-refractivity contribution in [3.8, 4) is 0 Å². The molecule has 124 valence electrons. The van der Waals surface area contributed by atoms with Crippen LogP contribution < -0.4 is 5.32 Å². The number of likely N-dealkylation sites (N-methyl/N-ethyl adjacent to an activating group) is 2. The normalized spacial score (nSPS) is 35.6. The zero-order chi connectivity index (χ0) is 15.4. The van der Waals surface area contributed by atoms with Gasteiger partial charge in [-0.2, -0.15) is 0 Å². The third kappa shape index (κ3) is 4.43. The van der Waals surface area contributed by atoms with E-state index in [1.54, 1.807) is 0 Å². The Balaban J connectivity index is 2.03. The molecule has 1 heterocycles. The Morgan fingerprint density at radius 1 is 1.19 bits per heavy atom. The highest BCUT2D eigenvalue weighted by molar-refractivity contribution is 4.94. The topological polar surface area (TPSA) is 18.5 Å². The summed E-state index contributed by atoms with van der Waals surface area (Å²) < 4.78 is 0. The molecule has 1 N–H and O–H groups in total. The first kappa shape index (κ1) is 17.2. The van der Waals surface area contributed by atoms with Crippen LogP contribution in [0.4, 0.5) is 0 Å². The maximum absolute atomic E-state index is 3.78. The van der Waals surface area contributed by atoms with E-state index in [1.807, 2.05) is 0 Å². The van der Waals surface area contributed by atoms with Gasteiger partial charge in [0.1, 0.15) is 0 Å². The van der Waals surface area contributed by atoms with Crippen molar-refractivity contribution in [2.75, 3.05) is 33.7 Å². The SMILES string of the molecule is CCNC1CCC(C(C)C)CC1N1CCCC(N(C)C)C1. The van der Waals surface area contributed by atoms with Crippen molar-refractivity contribution in [1.82, 2.24) is 15.1 Å². The third-order valence-corrected chi connectivity index (χ3v) is 5.89. The first-order valence-electron chi connectivity index (χ1n) is 9.16. The molecule has 2 aliphatic rings. The number of rotatable bonds is 5. The van der Waals surface area contributed by atoms with Crippen molar-refractivity contribution in [3.63, 3.8) is 0 Å². The lowest BCUT2D eigenvalue weighted by Gasteiger charge is -2.47. The second kappa shape index (κ2) is 7.94. The molecule has 3 heteroatoms. The fraction of sp³-hybridized carbons (Fsp3) is 1.00. The molecule has 1 saturated carbocycles. The molecule has 1 aliphatic carbocycles. The number of piperidine rings is 1. The second-order valence-corrected chi connectivity index (χ2v) is 7.80. The van der Waals surface area contributed by atoms with Crippen LogP contribution in [0.15, 0.2) is 0 Å². The van der Waals surface area contributed by atoms with Gasteiger partial charge >= 0.3 is 0 Å². The predicted molar refractivity (Wildman–Crippen MR) is 91.7 cm³/mol. The Hall–Kier alpha value is -0.120. The minimum Gasteiger partial charge on any atom is -0.313 e. The van der Waals surface area contributed by atoms with Crippen molar-refractivity contribution in [2.45, 2.75) is 71.0 Å². The van der Waals surface area contributed by atoms with Gasteiger partial charge in [0.15, 0.2) is 0 Å². The summed E-state index contributed by atoms with van der Waals surface area (Å²) in [4.78, 5) is 5.24. The maximum Gasteiger partial charge on any atom is 0.0252 e. The largest absolute Gasteiger partial charge is 0.313 e. The van der Waals surface area contributed by atoms with Gasteiger partial charge in [-0.3, -0.25) is 4.90 Å². The van der Waals surface area contributed by atoms with E-state index in [-0.39, 0.29) is 0 Å². The van der Waals surface area contributed by atoms with E-state index >= 15 is 0 Å². The molecule has 1 saturated heterocycles.